The van der Waals surface area contributed by atoms with Gasteiger partial charge in [-0.15, -0.1) is 0 Å². The Bertz CT molecular complexity index is 885. The average Bonchev–Trinajstić information content (AvgIpc) is 2.90. The molecule has 1 amide bonds. The molecule has 0 saturated carbocycles. The second kappa shape index (κ2) is 6.22. The van der Waals surface area contributed by atoms with Gasteiger partial charge in [-0.05, 0) is 43.9 Å². The Morgan fingerprint density at radius 2 is 2.12 bits per heavy atom. The van der Waals surface area contributed by atoms with Crippen LogP contribution in [-0.4, -0.2) is 38.8 Å². The van der Waals surface area contributed by atoms with Crippen LogP contribution in [0.4, 0.5) is 0 Å². The third kappa shape index (κ3) is 2.82. The molecule has 1 atom stereocenters. The van der Waals surface area contributed by atoms with E-state index in [1.165, 1.54) is 7.05 Å². The maximum atomic E-state index is 12.9. The SMILES string of the molecule is CNC(=O)c1oc2ccc(S(=O)(=O)N3CCCC(C)C3)cc2c1C. The largest absolute Gasteiger partial charge is 0.451 e. The Morgan fingerprint density at radius 1 is 1.38 bits per heavy atom. The van der Waals surface area contributed by atoms with Gasteiger partial charge >= 0.3 is 0 Å². The van der Waals surface area contributed by atoms with Crippen molar-refractivity contribution in [1.29, 1.82) is 0 Å². The van der Waals surface area contributed by atoms with Crippen LogP contribution in [0, 0.1) is 12.8 Å². The lowest BCUT2D eigenvalue weighted by atomic mass is 10.0. The number of benzene rings is 1. The summed E-state index contributed by atoms with van der Waals surface area (Å²) in [4.78, 5) is 12.1. The number of hydrogen-bond donors (Lipinski definition) is 1. The quantitative estimate of drug-likeness (QED) is 0.922. The third-order valence-electron chi connectivity index (χ3n) is 4.60. The highest BCUT2D eigenvalue weighted by Gasteiger charge is 2.29. The number of nitrogens with one attached hydrogen (secondary N) is 1. The lowest BCUT2D eigenvalue weighted by molar-refractivity contribution is 0.0937. The van der Waals surface area contributed by atoms with E-state index in [-0.39, 0.29) is 16.6 Å². The van der Waals surface area contributed by atoms with Crippen LogP contribution < -0.4 is 5.32 Å². The van der Waals surface area contributed by atoms with Crippen molar-refractivity contribution >= 4 is 26.9 Å². The zero-order valence-corrected chi connectivity index (χ0v) is 14.9. The molecule has 7 heteroatoms. The van der Waals surface area contributed by atoms with Gasteiger partial charge in [0.25, 0.3) is 5.91 Å². The molecule has 0 spiro atoms. The molecule has 0 bridgehead atoms. The molecule has 1 aromatic carbocycles. The summed E-state index contributed by atoms with van der Waals surface area (Å²) >= 11 is 0. The molecule has 0 aliphatic carbocycles. The van der Waals surface area contributed by atoms with Crippen LogP contribution >= 0.6 is 0 Å². The van der Waals surface area contributed by atoms with Gasteiger partial charge < -0.3 is 9.73 Å². The molecule has 0 radical (unpaired) electrons. The minimum absolute atomic E-state index is 0.216. The van der Waals surface area contributed by atoms with E-state index in [9.17, 15) is 13.2 Å². The summed E-state index contributed by atoms with van der Waals surface area (Å²) in [7, 11) is -2.00. The fraction of sp³-hybridized carbons (Fsp3) is 0.471. The molecule has 1 saturated heterocycles. The Labute approximate surface area is 141 Å². The maximum Gasteiger partial charge on any atom is 0.287 e. The smallest absolute Gasteiger partial charge is 0.287 e. The summed E-state index contributed by atoms with van der Waals surface area (Å²) in [6, 6.07) is 4.78. The summed E-state index contributed by atoms with van der Waals surface area (Å²) < 4.78 is 32.9. The maximum absolute atomic E-state index is 12.9. The van der Waals surface area contributed by atoms with Crippen molar-refractivity contribution < 1.29 is 17.6 Å². The monoisotopic (exact) mass is 350 g/mol. The van der Waals surface area contributed by atoms with Gasteiger partial charge in [0.15, 0.2) is 5.76 Å². The van der Waals surface area contributed by atoms with Crippen molar-refractivity contribution in [1.82, 2.24) is 9.62 Å². The van der Waals surface area contributed by atoms with Crippen molar-refractivity contribution in [2.75, 3.05) is 20.1 Å². The molecule has 1 aliphatic rings. The lowest BCUT2D eigenvalue weighted by Gasteiger charge is -2.30. The van der Waals surface area contributed by atoms with Gasteiger partial charge in [0.05, 0.1) is 4.90 Å². The van der Waals surface area contributed by atoms with Crippen LogP contribution in [0.2, 0.25) is 0 Å². The zero-order chi connectivity index (χ0) is 17.5. The highest BCUT2D eigenvalue weighted by molar-refractivity contribution is 7.89. The number of rotatable bonds is 3. The fourth-order valence-corrected chi connectivity index (χ4v) is 4.83. The van der Waals surface area contributed by atoms with Gasteiger partial charge in [0.1, 0.15) is 5.58 Å². The van der Waals surface area contributed by atoms with E-state index in [4.69, 9.17) is 4.42 Å². The Morgan fingerprint density at radius 3 is 2.79 bits per heavy atom. The van der Waals surface area contributed by atoms with Gasteiger partial charge in [0, 0.05) is 31.1 Å². The van der Waals surface area contributed by atoms with E-state index in [1.54, 1.807) is 29.4 Å². The summed E-state index contributed by atoms with van der Waals surface area (Å²) in [5, 5.41) is 3.18. The Hall–Kier alpha value is -1.86. The molecule has 1 N–H and O–H groups in total. The fourth-order valence-electron chi connectivity index (χ4n) is 3.20. The summed E-state index contributed by atoms with van der Waals surface area (Å²) in [5.74, 6) is 0.263. The summed E-state index contributed by atoms with van der Waals surface area (Å²) in [6.07, 6.45) is 1.94. The molecule has 6 nitrogen and oxygen atoms in total. The molecule has 2 aromatic rings. The van der Waals surface area contributed by atoms with E-state index < -0.39 is 10.0 Å². The van der Waals surface area contributed by atoms with Crippen LogP contribution in [0.15, 0.2) is 27.5 Å². The summed E-state index contributed by atoms with van der Waals surface area (Å²) in [6.45, 7) is 4.93. The normalized spacial score (nSPS) is 19.5. The molecular weight excluding hydrogens is 328 g/mol. The predicted molar refractivity (Wildman–Crippen MR) is 91.5 cm³/mol. The summed E-state index contributed by atoms with van der Waals surface area (Å²) in [5.41, 5.74) is 1.16. The second-order valence-corrected chi connectivity index (χ2v) is 8.34. The van der Waals surface area contributed by atoms with Crippen molar-refractivity contribution in [2.24, 2.45) is 5.92 Å². The molecule has 1 aromatic heterocycles. The van der Waals surface area contributed by atoms with Gasteiger partial charge in [-0.25, -0.2) is 8.42 Å². The number of nitrogens with zero attached hydrogens (tertiary/aromatic N) is 1. The van der Waals surface area contributed by atoms with Gasteiger partial charge in [-0.2, -0.15) is 4.31 Å². The van der Waals surface area contributed by atoms with Crippen molar-refractivity contribution in [3.63, 3.8) is 0 Å². The van der Waals surface area contributed by atoms with Crippen LogP contribution in [0.3, 0.4) is 0 Å². The minimum atomic E-state index is -3.53. The third-order valence-corrected chi connectivity index (χ3v) is 6.46. The van der Waals surface area contributed by atoms with E-state index in [1.807, 2.05) is 0 Å². The van der Waals surface area contributed by atoms with Crippen molar-refractivity contribution in [2.45, 2.75) is 31.6 Å². The van der Waals surface area contributed by atoms with E-state index in [2.05, 4.69) is 12.2 Å². The second-order valence-electron chi connectivity index (χ2n) is 6.40. The van der Waals surface area contributed by atoms with Gasteiger partial charge in [0.2, 0.25) is 10.0 Å². The number of aryl methyl sites for hydroxylation is 1. The molecule has 1 fully saturated rings. The van der Waals surface area contributed by atoms with Crippen LogP contribution in [-0.2, 0) is 10.0 Å². The lowest BCUT2D eigenvalue weighted by Crippen LogP contribution is -2.39. The number of carbonyl (C=O) groups is 1. The Kier molecular flexibility index (Phi) is 4.40. The van der Waals surface area contributed by atoms with Crippen LogP contribution in [0.25, 0.3) is 11.0 Å². The first-order chi connectivity index (χ1) is 11.3. The van der Waals surface area contributed by atoms with Crippen LogP contribution in [0.5, 0.6) is 0 Å². The van der Waals surface area contributed by atoms with E-state index in [0.29, 0.717) is 35.5 Å². The van der Waals surface area contributed by atoms with E-state index in [0.717, 1.165) is 12.8 Å². The molecule has 3 rings (SSSR count). The first-order valence-electron chi connectivity index (χ1n) is 8.10. The highest BCUT2D eigenvalue weighted by atomic mass is 32.2. The predicted octanol–water partition coefficient (Wildman–Crippen LogP) is 2.52. The topological polar surface area (TPSA) is 79.6 Å². The number of carbonyl (C=O) groups excluding carboxylic acids is 1. The number of piperidine rings is 1. The minimum Gasteiger partial charge on any atom is -0.451 e. The first kappa shape index (κ1) is 17.0. The number of amides is 1. The molecule has 1 unspecified atom stereocenters. The van der Waals surface area contributed by atoms with Gasteiger partial charge in [-0.3, -0.25) is 4.79 Å². The molecule has 2 heterocycles. The van der Waals surface area contributed by atoms with Gasteiger partial charge in [-0.1, -0.05) is 6.92 Å². The van der Waals surface area contributed by atoms with E-state index >= 15 is 0 Å². The number of furan rings is 1. The highest BCUT2D eigenvalue weighted by Crippen LogP contribution is 2.30. The standard InChI is InChI=1S/C17H22N2O4S/c1-11-5-4-8-19(10-11)24(21,22)13-6-7-15-14(9-13)12(2)16(23-15)17(20)18-3/h6-7,9,11H,4-5,8,10H2,1-3H3,(H,18,20). The Balaban J connectivity index is 2.04. The number of hydrogen-bond acceptors (Lipinski definition) is 4. The van der Waals surface area contributed by atoms with Crippen molar-refractivity contribution in [3.8, 4) is 0 Å². The molecular formula is C17H22N2O4S. The van der Waals surface area contributed by atoms with Crippen molar-refractivity contribution in [3.05, 3.63) is 29.5 Å². The zero-order valence-electron chi connectivity index (χ0n) is 14.1. The van der Waals surface area contributed by atoms with Crippen LogP contribution in [0.1, 0.15) is 35.9 Å². The number of sulfonamides is 1. The first-order valence-corrected chi connectivity index (χ1v) is 9.54. The average molecular weight is 350 g/mol. The molecule has 130 valence electrons. The molecule has 1 aliphatic heterocycles. The number of fused-ring (bicyclic) bond motifs is 1. The molecule has 24 heavy (non-hydrogen) atoms.